The summed E-state index contributed by atoms with van der Waals surface area (Å²) in [4.78, 5) is 9.29. The molecule has 1 aromatic rings. The van der Waals surface area contributed by atoms with Gasteiger partial charge in [0.2, 0.25) is 0 Å². The van der Waals surface area contributed by atoms with Crippen LogP contribution in [0.25, 0.3) is 0 Å². The van der Waals surface area contributed by atoms with E-state index in [1.54, 1.807) is 0 Å². The lowest BCUT2D eigenvalue weighted by Crippen LogP contribution is -2.46. The molecule has 10 heteroatoms. The fraction of sp³-hybridized carbons (Fsp3) is 0.333. The molecule has 0 bridgehead atoms. The highest BCUT2D eigenvalue weighted by atomic mass is 19.4. The topological polar surface area (TPSA) is 69.2 Å². The zero-order valence-electron chi connectivity index (χ0n) is 8.92. The highest BCUT2D eigenvalue weighted by Gasteiger charge is 2.62. The number of nitro groups is 1. The molecule has 0 amide bonds. The fourth-order valence-electron chi connectivity index (χ4n) is 1.31. The van der Waals surface area contributed by atoms with Gasteiger partial charge in [0.15, 0.2) is 0 Å². The molecule has 0 spiro atoms. The van der Waals surface area contributed by atoms with Crippen LogP contribution in [0.4, 0.5) is 32.0 Å². The first kappa shape index (κ1) is 15.2. The third kappa shape index (κ3) is 2.78. The molecule has 1 aromatic carbocycles. The number of nitrogens with zero attached hydrogens (tertiary/aromatic N) is 1. The first-order valence-electron chi connectivity index (χ1n) is 4.62. The zero-order valence-corrected chi connectivity index (χ0v) is 8.92. The van der Waals surface area contributed by atoms with E-state index < -0.39 is 40.1 Å². The van der Waals surface area contributed by atoms with Crippen LogP contribution in [-0.2, 0) is 0 Å². The molecule has 0 aliphatic rings. The average Bonchev–Trinajstić information content (AvgIpc) is 2.25. The van der Waals surface area contributed by atoms with Gasteiger partial charge in [-0.25, -0.2) is 4.39 Å². The summed E-state index contributed by atoms with van der Waals surface area (Å²) >= 11 is 0. The van der Waals surface area contributed by atoms with Gasteiger partial charge in [-0.1, -0.05) is 0 Å². The van der Waals surface area contributed by atoms with Gasteiger partial charge in [0.25, 0.3) is 5.69 Å². The van der Waals surface area contributed by atoms with Crippen molar-refractivity contribution in [2.45, 2.75) is 18.1 Å². The molecule has 0 aliphatic heterocycles. The van der Waals surface area contributed by atoms with E-state index >= 15 is 0 Å². The van der Waals surface area contributed by atoms with Crippen LogP contribution < -0.4 is 5.73 Å². The lowest BCUT2D eigenvalue weighted by atomic mass is 9.99. The number of nitrogens with two attached hydrogens (primary N) is 1. The van der Waals surface area contributed by atoms with E-state index in [9.17, 15) is 36.5 Å². The normalized spacial score (nSPS) is 14.3. The van der Waals surface area contributed by atoms with Crippen LogP contribution in [0, 0.1) is 15.9 Å². The summed E-state index contributed by atoms with van der Waals surface area (Å²) in [6.45, 7) is 0. The van der Waals surface area contributed by atoms with E-state index in [1.165, 1.54) is 0 Å². The lowest BCUT2D eigenvalue weighted by Gasteiger charge is -2.25. The third-order valence-electron chi connectivity index (χ3n) is 2.29. The summed E-state index contributed by atoms with van der Waals surface area (Å²) in [5.74, 6) is -6.64. The quantitative estimate of drug-likeness (QED) is 0.528. The molecule has 1 atom stereocenters. The van der Waals surface area contributed by atoms with Crippen molar-refractivity contribution in [3.05, 3.63) is 39.7 Å². The molecule has 0 heterocycles. The molecule has 0 saturated carbocycles. The highest BCUT2D eigenvalue weighted by Crippen LogP contribution is 2.45. The van der Waals surface area contributed by atoms with E-state index in [1.807, 2.05) is 0 Å². The monoisotopic (exact) mass is 288 g/mol. The van der Waals surface area contributed by atoms with Gasteiger partial charge in [0, 0.05) is 6.07 Å². The molecule has 0 radical (unpaired) electrons. The van der Waals surface area contributed by atoms with Crippen LogP contribution in [0.2, 0.25) is 0 Å². The number of benzene rings is 1. The van der Waals surface area contributed by atoms with Gasteiger partial charge in [-0.2, -0.15) is 22.0 Å². The van der Waals surface area contributed by atoms with E-state index in [0.29, 0.717) is 12.1 Å². The van der Waals surface area contributed by atoms with Gasteiger partial charge >= 0.3 is 12.1 Å². The Morgan fingerprint density at radius 2 is 1.74 bits per heavy atom. The Morgan fingerprint density at radius 3 is 2.16 bits per heavy atom. The van der Waals surface area contributed by atoms with Crippen molar-refractivity contribution in [3.63, 3.8) is 0 Å². The van der Waals surface area contributed by atoms with Crippen molar-refractivity contribution < 1.29 is 31.3 Å². The highest BCUT2D eigenvalue weighted by molar-refractivity contribution is 5.43. The van der Waals surface area contributed by atoms with Crippen molar-refractivity contribution in [1.82, 2.24) is 0 Å². The molecule has 19 heavy (non-hydrogen) atoms. The summed E-state index contributed by atoms with van der Waals surface area (Å²) in [6.07, 6.45) is -6.01. The second-order valence-electron chi connectivity index (χ2n) is 3.56. The number of halogens is 6. The first-order chi connectivity index (χ1) is 8.48. The first-order valence-corrected chi connectivity index (χ1v) is 4.62. The van der Waals surface area contributed by atoms with E-state index in [-0.39, 0.29) is 6.07 Å². The molecule has 2 N–H and O–H groups in total. The number of hydrogen-bond donors (Lipinski definition) is 1. The Labute approximate surface area is 102 Å². The standard InChI is InChI=1S/C9H6F6N2O2/c10-4-1-2-6(17(18)19)5(3-4)7(16)8(11,12)9(13,14)15/h1-3,7H,16H2/t7-/m1/s1. The smallest absolute Gasteiger partial charge is 0.318 e. The largest absolute Gasteiger partial charge is 0.455 e. The second-order valence-corrected chi connectivity index (χ2v) is 3.56. The van der Waals surface area contributed by atoms with Crippen LogP contribution in [-0.4, -0.2) is 17.0 Å². The molecular weight excluding hydrogens is 282 g/mol. The number of nitro benzene ring substituents is 1. The third-order valence-corrected chi connectivity index (χ3v) is 2.29. The molecule has 0 unspecified atom stereocenters. The Hall–Kier alpha value is -1.84. The molecule has 0 saturated heterocycles. The van der Waals surface area contributed by atoms with Gasteiger partial charge in [-0.3, -0.25) is 10.1 Å². The second kappa shape index (κ2) is 4.68. The van der Waals surface area contributed by atoms with Gasteiger partial charge in [0.05, 0.1) is 10.5 Å². The Kier molecular flexibility index (Phi) is 3.75. The molecule has 4 nitrogen and oxygen atoms in total. The maximum atomic E-state index is 13.0. The maximum absolute atomic E-state index is 13.0. The minimum atomic E-state index is -6.01. The van der Waals surface area contributed by atoms with E-state index in [4.69, 9.17) is 5.73 Å². The lowest BCUT2D eigenvalue weighted by molar-refractivity contribution is -0.386. The van der Waals surface area contributed by atoms with Crippen LogP contribution >= 0.6 is 0 Å². The predicted molar refractivity (Wildman–Crippen MR) is 51.0 cm³/mol. The summed E-state index contributed by atoms with van der Waals surface area (Å²) in [5.41, 5.74) is 2.38. The van der Waals surface area contributed by atoms with Crippen LogP contribution in [0.15, 0.2) is 18.2 Å². The van der Waals surface area contributed by atoms with Crippen molar-refractivity contribution in [1.29, 1.82) is 0 Å². The van der Waals surface area contributed by atoms with Crippen molar-refractivity contribution >= 4 is 5.69 Å². The average molecular weight is 288 g/mol. The van der Waals surface area contributed by atoms with Gasteiger partial charge in [-0.15, -0.1) is 0 Å². The predicted octanol–water partition coefficient (Wildman–Crippen LogP) is 2.93. The van der Waals surface area contributed by atoms with Crippen molar-refractivity contribution in [2.75, 3.05) is 0 Å². The number of rotatable bonds is 3. The molecule has 0 aliphatic carbocycles. The summed E-state index contributed by atoms with van der Waals surface area (Å²) in [5, 5.41) is 10.5. The zero-order chi connectivity index (χ0) is 15.0. The van der Waals surface area contributed by atoms with Crippen molar-refractivity contribution in [3.8, 4) is 0 Å². The van der Waals surface area contributed by atoms with Crippen LogP contribution in [0.5, 0.6) is 0 Å². The molecular formula is C9H6F6N2O2. The van der Waals surface area contributed by atoms with E-state index in [0.717, 1.165) is 0 Å². The van der Waals surface area contributed by atoms with Crippen LogP contribution in [0.1, 0.15) is 11.6 Å². The van der Waals surface area contributed by atoms with Crippen LogP contribution in [0.3, 0.4) is 0 Å². The summed E-state index contributed by atoms with van der Waals surface area (Å²) in [7, 11) is 0. The molecule has 0 aromatic heterocycles. The van der Waals surface area contributed by atoms with Crippen molar-refractivity contribution in [2.24, 2.45) is 5.73 Å². The molecule has 106 valence electrons. The van der Waals surface area contributed by atoms with Gasteiger partial charge < -0.3 is 5.73 Å². The van der Waals surface area contributed by atoms with Gasteiger partial charge in [0.1, 0.15) is 11.9 Å². The molecule has 0 fully saturated rings. The SMILES string of the molecule is N[C@H](c1cc(F)ccc1[N+](=O)[O-])C(F)(F)C(F)(F)F. The van der Waals surface area contributed by atoms with E-state index in [2.05, 4.69) is 0 Å². The Bertz CT molecular complexity index is 502. The minimum Gasteiger partial charge on any atom is -0.318 e. The molecule has 1 rings (SSSR count). The number of alkyl halides is 5. The Morgan fingerprint density at radius 1 is 1.21 bits per heavy atom. The minimum absolute atomic E-state index is 0.183. The summed E-state index contributed by atoms with van der Waals surface area (Å²) in [6, 6.07) is -1.87. The fourth-order valence-corrected chi connectivity index (χ4v) is 1.31. The maximum Gasteiger partial charge on any atom is 0.455 e. The summed E-state index contributed by atoms with van der Waals surface area (Å²) < 4.78 is 75.2. The number of hydrogen-bond acceptors (Lipinski definition) is 3. The Balaban J connectivity index is 3.37. The van der Waals surface area contributed by atoms with Gasteiger partial charge in [-0.05, 0) is 12.1 Å².